The van der Waals surface area contributed by atoms with Crippen LogP contribution in [-0.2, 0) is 22.4 Å². The molecule has 1 aromatic rings. The summed E-state index contributed by atoms with van der Waals surface area (Å²) in [6.07, 6.45) is 0.554. The minimum atomic E-state index is -0.484. The number of carbonyl (C=O) groups excluding carboxylic acids is 1. The molecule has 0 aromatic carbocycles. The number of primary amides is 1. The highest BCUT2D eigenvalue weighted by Crippen LogP contribution is 1.98. The van der Waals surface area contributed by atoms with Crippen molar-refractivity contribution in [3.63, 3.8) is 0 Å². The van der Waals surface area contributed by atoms with Gasteiger partial charge in [-0.15, -0.1) is 0 Å². The van der Waals surface area contributed by atoms with Gasteiger partial charge in [0.1, 0.15) is 6.42 Å². The fourth-order valence-electron chi connectivity index (χ4n) is 0.806. The van der Waals surface area contributed by atoms with E-state index in [2.05, 4.69) is 10.1 Å². The smallest absolute Gasteiger partial charge is 0.236 e. The summed E-state index contributed by atoms with van der Waals surface area (Å²) in [7, 11) is 1.59. The van der Waals surface area contributed by atoms with Crippen LogP contribution in [0.1, 0.15) is 11.7 Å². The molecule has 13 heavy (non-hydrogen) atoms. The highest BCUT2D eigenvalue weighted by molar-refractivity contribution is 5.75. The number of nitrogens with two attached hydrogens (primary N) is 1. The molecule has 0 saturated heterocycles. The van der Waals surface area contributed by atoms with E-state index < -0.39 is 5.91 Å². The molecule has 0 atom stereocenters. The summed E-state index contributed by atoms with van der Waals surface area (Å²) in [5, 5.41) is 3.63. The maximum atomic E-state index is 10.5. The first kappa shape index (κ1) is 9.66. The van der Waals surface area contributed by atoms with Crippen LogP contribution in [0.2, 0.25) is 0 Å². The van der Waals surface area contributed by atoms with Gasteiger partial charge in [-0.2, -0.15) is 4.98 Å². The van der Waals surface area contributed by atoms with E-state index in [1.807, 2.05) is 0 Å². The molecule has 1 rings (SSSR count). The molecule has 2 N–H and O–H groups in total. The second-order valence-corrected chi connectivity index (χ2v) is 2.49. The van der Waals surface area contributed by atoms with Crippen molar-refractivity contribution < 1.29 is 14.1 Å². The quantitative estimate of drug-likeness (QED) is 0.654. The Morgan fingerprint density at radius 3 is 3.08 bits per heavy atom. The van der Waals surface area contributed by atoms with Crippen LogP contribution in [0.3, 0.4) is 0 Å². The molecule has 6 nitrogen and oxygen atoms in total. The fraction of sp³-hybridized carbons (Fsp3) is 0.571. The Morgan fingerprint density at radius 1 is 1.69 bits per heavy atom. The number of hydrogen-bond acceptors (Lipinski definition) is 5. The highest BCUT2D eigenvalue weighted by Gasteiger charge is 2.07. The Hall–Kier alpha value is -1.43. The molecule has 1 heterocycles. The highest BCUT2D eigenvalue weighted by atomic mass is 16.5. The van der Waals surface area contributed by atoms with Gasteiger partial charge < -0.3 is 15.0 Å². The summed E-state index contributed by atoms with van der Waals surface area (Å²) >= 11 is 0. The number of hydrogen-bond donors (Lipinski definition) is 1. The van der Waals surface area contributed by atoms with Gasteiger partial charge in [-0.1, -0.05) is 5.16 Å². The molecule has 72 valence electrons. The number of rotatable bonds is 5. The minimum Gasteiger partial charge on any atom is -0.384 e. The van der Waals surface area contributed by atoms with Crippen molar-refractivity contribution in [2.45, 2.75) is 12.8 Å². The monoisotopic (exact) mass is 185 g/mol. The van der Waals surface area contributed by atoms with Crippen molar-refractivity contribution in [3.8, 4) is 0 Å². The Morgan fingerprint density at radius 2 is 2.46 bits per heavy atom. The van der Waals surface area contributed by atoms with Gasteiger partial charge in [0, 0.05) is 13.5 Å². The molecule has 0 aliphatic rings. The lowest BCUT2D eigenvalue weighted by molar-refractivity contribution is -0.117. The van der Waals surface area contributed by atoms with E-state index in [0.29, 0.717) is 18.9 Å². The van der Waals surface area contributed by atoms with Crippen molar-refractivity contribution in [1.29, 1.82) is 0 Å². The van der Waals surface area contributed by atoms with Gasteiger partial charge in [0.05, 0.1) is 6.61 Å². The van der Waals surface area contributed by atoms with Gasteiger partial charge in [0.15, 0.2) is 5.82 Å². The second kappa shape index (κ2) is 4.56. The van der Waals surface area contributed by atoms with Crippen molar-refractivity contribution in [1.82, 2.24) is 10.1 Å². The van der Waals surface area contributed by atoms with E-state index in [4.69, 9.17) is 15.0 Å². The number of methoxy groups -OCH3 is 1. The van der Waals surface area contributed by atoms with Gasteiger partial charge >= 0.3 is 0 Å². The Labute approximate surface area is 75.1 Å². The number of ether oxygens (including phenoxy) is 1. The number of carbonyl (C=O) groups is 1. The average Bonchev–Trinajstić information content (AvgIpc) is 2.48. The molecule has 0 aliphatic heterocycles. The zero-order valence-corrected chi connectivity index (χ0v) is 7.32. The summed E-state index contributed by atoms with van der Waals surface area (Å²) in [5.74, 6) is 0.290. The van der Waals surface area contributed by atoms with Gasteiger partial charge in [-0.05, 0) is 0 Å². The van der Waals surface area contributed by atoms with E-state index >= 15 is 0 Å². The molecule has 0 aliphatic carbocycles. The van der Waals surface area contributed by atoms with Crippen LogP contribution >= 0.6 is 0 Å². The number of aromatic nitrogens is 2. The van der Waals surface area contributed by atoms with Gasteiger partial charge in [-0.25, -0.2) is 0 Å². The normalized spacial score (nSPS) is 10.2. The first-order chi connectivity index (χ1) is 6.22. The van der Waals surface area contributed by atoms with Crippen LogP contribution in [0.15, 0.2) is 4.52 Å². The lowest BCUT2D eigenvalue weighted by Crippen LogP contribution is -2.13. The van der Waals surface area contributed by atoms with Crippen LogP contribution in [0, 0.1) is 0 Å². The van der Waals surface area contributed by atoms with Crippen molar-refractivity contribution in [3.05, 3.63) is 11.7 Å². The maximum Gasteiger partial charge on any atom is 0.236 e. The molecule has 0 saturated carbocycles. The SMILES string of the molecule is COCCc1noc(CC(N)=O)n1. The van der Waals surface area contributed by atoms with E-state index in [1.54, 1.807) is 7.11 Å². The Balaban J connectivity index is 2.48. The van der Waals surface area contributed by atoms with Crippen molar-refractivity contribution >= 4 is 5.91 Å². The van der Waals surface area contributed by atoms with E-state index in [-0.39, 0.29) is 12.3 Å². The van der Waals surface area contributed by atoms with Crippen LogP contribution < -0.4 is 5.73 Å². The third-order valence-electron chi connectivity index (χ3n) is 1.37. The lowest BCUT2D eigenvalue weighted by Gasteiger charge is -1.90. The molecule has 6 heteroatoms. The molecule has 1 aromatic heterocycles. The predicted octanol–water partition coefficient (Wildman–Crippen LogP) is -0.714. The zero-order valence-electron chi connectivity index (χ0n) is 7.32. The molecule has 1 amide bonds. The molecule has 0 bridgehead atoms. The van der Waals surface area contributed by atoms with Crippen LogP contribution in [0.5, 0.6) is 0 Å². The molecule has 0 spiro atoms. The van der Waals surface area contributed by atoms with Crippen LogP contribution in [0.25, 0.3) is 0 Å². The first-order valence-electron chi connectivity index (χ1n) is 3.81. The van der Waals surface area contributed by atoms with Crippen molar-refractivity contribution in [2.75, 3.05) is 13.7 Å². The van der Waals surface area contributed by atoms with Gasteiger partial charge in [-0.3, -0.25) is 4.79 Å². The standard InChI is InChI=1S/C7H11N3O3/c1-12-3-2-6-9-7(13-10-6)4-5(8)11/h2-4H2,1H3,(H2,8,11). The lowest BCUT2D eigenvalue weighted by atomic mass is 10.4. The largest absolute Gasteiger partial charge is 0.384 e. The van der Waals surface area contributed by atoms with Gasteiger partial charge in [0.25, 0.3) is 0 Å². The maximum absolute atomic E-state index is 10.5. The summed E-state index contributed by atoms with van der Waals surface area (Å²) in [6, 6.07) is 0. The van der Waals surface area contributed by atoms with Crippen LogP contribution in [0.4, 0.5) is 0 Å². The number of nitrogens with zero attached hydrogens (tertiary/aromatic N) is 2. The summed E-state index contributed by atoms with van der Waals surface area (Å²) < 4.78 is 9.58. The second-order valence-electron chi connectivity index (χ2n) is 2.49. The Bertz CT molecular complexity index is 284. The molecule has 0 fully saturated rings. The first-order valence-corrected chi connectivity index (χ1v) is 3.81. The van der Waals surface area contributed by atoms with E-state index in [0.717, 1.165) is 0 Å². The van der Waals surface area contributed by atoms with Gasteiger partial charge in [0.2, 0.25) is 11.8 Å². The zero-order chi connectivity index (χ0) is 9.68. The van der Waals surface area contributed by atoms with Crippen LogP contribution in [-0.4, -0.2) is 29.8 Å². The summed E-state index contributed by atoms with van der Waals surface area (Å²) in [4.78, 5) is 14.4. The molecular weight excluding hydrogens is 174 g/mol. The number of amides is 1. The van der Waals surface area contributed by atoms with E-state index in [9.17, 15) is 4.79 Å². The Kier molecular flexibility index (Phi) is 3.39. The third kappa shape index (κ3) is 3.20. The summed E-state index contributed by atoms with van der Waals surface area (Å²) in [5.41, 5.74) is 4.94. The predicted molar refractivity (Wildman–Crippen MR) is 42.8 cm³/mol. The van der Waals surface area contributed by atoms with E-state index in [1.165, 1.54) is 0 Å². The topological polar surface area (TPSA) is 91.2 Å². The average molecular weight is 185 g/mol. The molecule has 0 unspecified atom stereocenters. The third-order valence-corrected chi connectivity index (χ3v) is 1.37. The molecule has 0 radical (unpaired) electrons. The fourth-order valence-corrected chi connectivity index (χ4v) is 0.806. The van der Waals surface area contributed by atoms with Crippen molar-refractivity contribution in [2.24, 2.45) is 5.73 Å². The summed E-state index contributed by atoms with van der Waals surface area (Å²) in [6.45, 7) is 0.523. The minimum absolute atomic E-state index is 0.0139. The molecular formula is C7H11N3O3.